The van der Waals surface area contributed by atoms with E-state index in [1.807, 2.05) is 0 Å². The first-order valence-corrected chi connectivity index (χ1v) is 9.44. The molecule has 2 atom stereocenters. The lowest BCUT2D eigenvalue weighted by molar-refractivity contribution is -0.186. The first-order chi connectivity index (χ1) is 11.4. The first-order valence-electron chi connectivity index (χ1n) is 9.44. The summed E-state index contributed by atoms with van der Waals surface area (Å²) in [5, 5.41) is 0. The number of imide groups is 1. The fourth-order valence-electron chi connectivity index (χ4n) is 5.90. The Morgan fingerprint density at radius 1 is 1.00 bits per heavy atom. The van der Waals surface area contributed by atoms with E-state index in [1.54, 1.807) is 13.8 Å². The van der Waals surface area contributed by atoms with E-state index in [1.165, 1.54) is 24.2 Å². The molecular weight excluding hydrogens is 306 g/mol. The summed E-state index contributed by atoms with van der Waals surface area (Å²) in [6, 6.07) is 0. The molecule has 2 unspecified atom stereocenters. The zero-order valence-electron chi connectivity index (χ0n) is 14.6. The molecule has 0 aromatic rings. The largest absolute Gasteiger partial charge is 0.459 e. The van der Waals surface area contributed by atoms with Gasteiger partial charge in [0.25, 0.3) is 0 Å². The van der Waals surface area contributed by atoms with Crippen molar-refractivity contribution in [2.45, 2.75) is 64.4 Å². The van der Waals surface area contributed by atoms with Gasteiger partial charge in [-0.2, -0.15) is 0 Å². The highest BCUT2D eigenvalue weighted by Gasteiger charge is 2.53. The third kappa shape index (κ3) is 2.56. The molecule has 0 N–H and O–H groups in total. The highest BCUT2D eigenvalue weighted by atomic mass is 16.6. The topological polar surface area (TPSA) is 63.7 Å². The van der Waals surface area contributed by atoms with E-state index in [0.717, 1.165) is 37.0 Å². The molecule has 5 aliphatic rings. The third-order valence-electron chi connectivity index (χ3n) is 6.91. The molecule has 1 aliphatic heterocycles. The van der Waals surface area contributed by atoms with Gasteiger partial charge in [-0.15, -0.1) is 0 Å². The Morgan fingerprint density at radius 3 is 1.92 bits per heavy atom. The van der Waals surface area contributed by atoms with Crippen molar-refractivity contribution in [1.29, 1.82) is 0 Å². The quantitative estimate of drug-likeness (QED) is 0.586. The number of carbonyl (C=O) groups excluding carboxylic acids is 3. The highest BCUT2D eigenvalue weighted by molar-refractivity contribution is 6.04. The van der Waals surface area contributed by atoms with Crippen molar-refractivity contribution in [2.75, 3.05) is 6.54 Å². The van der Waals surface area contributed by atoms with E-state index in [-0.39, 0.29) is 48.2 Å². The van der Waals surface area contributed by atoms with Crippen LogP contribution >= 0.6 is 0 Å². The maximum Gasteiger partial charge on any atom is 0.308 e. The van der Waals surface area contributed by atoms with Crippen LogP contribution in [0.5, 0.6) is 0 Å². The molecule has 5 nitrogen and oxygen atoms in total. The molecule has 4 saturated carbocycles. The first kappa shape index (κ1) is 16.1. The van der Waals surface area contributed by atoms with Crippen molar-refractivity contribution in [3.63, 3.8) is 0 Å². The van der Waals surface area contributed by atoms with Crippen molar-refractivity contribution in [3.05, 3.63) is 0 Å². The van der Waals surface area contributed by atoms with Gasteiger partial charge in [0.05, 0.1) is 6.42 Å². The minimum absolute atomic E-state index is 0.124. The predicted octanol–water partition coefficient (Wildman–Crippen LogP) is 2.53. The number of hydrogen-bond donors (Lipinski definition) is 0. The molecule has 1 heterocycles. The molecule has 4 bridgehead atoms. The summed E-state index contributed by atoms with van der Waals surface area (Å²) in [7, 11) is 0. The van der Waals surface area contributed by atoms with Crippen molar-refractivity contribution in [1.82, 2.24) is 4.90 Å². The standard InChI is InChI=1S/C19H27NO4/c1-11-12(2)18(23)20(17(11)22)4-3-16(21)24-19-8-13-5-14(9-19)7-15(6-13)10-19/h11-15H,3-10H2,1-2H3. The third-order valence-corrected chi connectivity index (χ3v) is 6.91. The van der Waals surface area contributed by atoms with Gasteiger partial charge in [-0.25, -0.2) is 0 Å². The number of rotatable bonds is 4. The summed E-state index contributed by atoms with van der Waals surface area (Å²) >= 11 is 0. The second kappa shape index (κ2) is 5.57. The van der Waals surface area contributed by atoms with Gasteiger partial charge in [0.2, 0.25) is 11.8 Å². The van der Waals surface area contributed by atoms with E-state index in [0.29, 0.717) is 0 Å². The van der Waals surface area contributed by atoms with Gasteiger partial charge in [0.1, 0.15) is 5.60 Å². The van der Waals surface area contributed by atoms with E-state index in [4.69, 9.17) is 4.74 Å². The van der Waals surface area contributed by atoms with Gasteiger partial charge >= 0.3 is 5.97 Å². The predicted molar refractivity (Wildman–Crippen MR) is 86.7 cm³/mol. The van der Waals surface area contributed by atoms with Crippen molar-refractivity contribution in [3.8, 4) is 0 Å². The Kier molecular flexibility index (Phi) is 3.73. The average Bonchev–Trinajstić information content (AvgIpc) is 2.67. The molecule has 0 aromatic heterocycles. The van der Waals surface area contributed by atoms with E-state index >= 15 is 0 Å². The Balaban J connectivity index is 1.35. The Morgan fingerprint density at radius 2 is 1.46 bits per heavy atom. The molecular formula is C19H27NO4. The maximum atomic E-state index is 12.4. The Bertz CT molecular complexity index is 529. The lowest BCUT2D eigenvalue weighted by Gasteiger charge is -2.55. The van der Waals surface area contributed by atoms with Crippen LogP contribution in [0.25, 0.3) is 0 Å². The maximum absolute atomic E-state index is 12.4. The van der Waals surface area contributed by atoms with Crippen molar-refractivity contribution in [2.24, 2.45) is 29.6 Å². The molecule has 1 saturated heterocycles. The van der Waals surface area contributed by atoms with Crippen LogP contribution in [0.4, 0.5) is 0 Å². The van der Waals surface area contributed by atoms with Gasteiger partial charge in [0.15, 0.2) is 0 Å². The second-order valence-corrected chi connectivity index (χ2v) is 8.73. The van der Waals surface area contributed by atoms with E-state index in [9.17, 15) is 14.4 Å². The highest BCUT2D eigenvalue weighted by Crippen LogP contribution is 2.57. The number of amides is 2. The van der Waals surface area contributed by atoms with Crippen molar-refractivity contribution >= 4 is 17.8 Å². The van der Waals surface area contributed by atoms with Crippen LogP contribution in [0.2, 0.25) is 0 Å². The molecule has 24 heavy (non-hydrogen) atoms. The number of hydrogen-bond acceptors (Lipinski definition) is 4. The van der Waals surface area contributed by atoms with Gasteiger partial charge in [0, 0.05) is 18.4 Å². The SMILES string of the molecule is CC1C(=O)N(CCC(=O)OC23CC4CC(CC(C4)C2)C3)C(=O)C1C. The summed E-state index contributed by atoms with van der Waals surface area (Å²) in [6.07, 6.45) is 7.09. The van der Waals surface area contributed by atoms with Crippen LogP contribution in [0.15, 0.2) is 0 Å². The average molecular weight is 333 g/mol. The summed E-state index contributed by atoms with van der Waals surface area (Å²) in [4.78, 5) is 37.8. The monoisotopic (exact) mass is 333 g/mol. The van der Waals surface area contributed by atoms with Gasteiger partial charge in [-0.1, -0.05) is 13.8 Å². The Labute approximate surface area is 143 Å². The van der Waals surface area contributed by atoms with E-state index < -0.39 is 0 Å². The number of ether oxygens (including phenoxy) is 1. The molecule has 0 radical (unpaired) electrons. The fraction of sp³-hybridized carbons (Fsp3) is 0.842. The smallest absolute Gasteiger partial charge is 0.308 e. The van der Waals surface area contributed by atoms with Crippen LogP contribution in [-0.4, -0.2) is 34.8 Å². The molecule has 0 spiro atoms. The van der Waals surface area contributed by atoms with Crippen LogP contribution < -0.4 is 0 Å². The number of likely N-dealkylation sites (tertiary alicyclic amines) is 1. The van der Waals surface area contributed by atoms with Crippen molar-refractivity contribution < 1.29 is 19.1 Å². The lowest BCUT2D eigenvalue weighted by atomic mass is 9.54. The second-order valence-electron chi connectivity index (χ2n) is 8.73. The zero-order chi connectivity index (χ0) is 17.1. The normalized spacial score (nSPS) is 43.6. The summed E-state index contributed by atoms with van der Waals surface area (Å²) in [5.74, 6) is 1.07. The molecule has 2 amide bonds. The minimum Gasteiger partial charge on any atom is -0.459 e. The molecule has 5 heteroatoms. The molecule has 4 aliphatic carbocycles. The Hall–Kier alpha value is -1.39. The fourth-order valence-corrected chi connectivity index (χ4v) is 5.90. The molecule has 132 valence electrons. The van der Waals surface area contributed by atoms with Crippen LogP contribution in [-0.2, 0) is 19.1 Å². The molecule has 5 fully saturated rings. The summed E-state index contributed by atoms with van der Waals surface area (Å²) < 4.78 is 5.95. The van der Waals surface area contributed by atoms with Gasteiger partial charge < -0.3 is 4.74 Å². The van der Waals surface area contributed by atoms with E-state index in [2.05, 4.69) is 0 Å². The van der Waals surface area contributed by atoms with Gasteiger partial charge in [-0.3, -0.25) is 19.3 Å². The lowest BCUT2D eigenvalue weighted by Crippen LogP contribution is -2.52. The minimum atomic E-state index is -0.281. The number of carbonyl (C=O) groups is 3. The summed E-state index contributed by atoms with van der Waals surface area (Å²) in [5.41, 5.74) is -0.245. The van der Waals surface area contributed by atoms with Crippen LogP contribution in [0.1, 0.15) is 58.8 Å². The van der Waals surface area contributed by atoms with Gasteiger partial charge in [-0.05, 0) is 56.3 Å². The van der Waals surface area contributed by atoms with Crippen LogP contribution in [0.3, 0.4) is 0 Å². The summed E-state index contributed by atoms with van der Waals surface area (Å²) in [6.45, 7) is 3.72. The number of esters is 1. The number of nitrogens with zero attached hydrogens (tertiary/aromatic N) is 1. The van der Waals surface area contributed by atoms with Crippen LogP contribution in [0, 0.1) is 29.6 Å². The molecule has 5 rings (SSSR count). The molecule has 0 aromatic carbocycles. The zero-order valence-corrected chi connectivity index (χ0v) is 14.6.